The molecule has 30 heavy (non-hydrogen) atoms. The van der Waals surface area contributed by atoms with E-state index in [-0.39, 0.29) is 18.0 Å². The molecule has 10 nitrogen and oxygen atoms in total. The molecule has 0 saturated carbocycles. The molecule has 0 N–H and O–H groups in total. The van der Waals surface area contributed by atoms with Crippen LogP contribution in [0.1, 0.15) is 0 Å². The number of pyridine rings is 1. The van der Waals surface area contributed by atoms with Crippen LogP contribution in [0, 0.1) is 10.1 Å². The Morgan fingerprint density at radius 2 is 1.60 bits per heavy atom. The lowest BCUT2D eigenvalue weighted by Crippen LogP contribution is -2.49. The van der Waals surface area contributed by atoms with Gasteiger partial charge in [-0.1, -0.05) is 18.2 Å². The standard InChI is InChI=1S/C19H18N6O4S/c26-25(27)17-6-1-2-7-18(17)30(28,29)24-13-11-23(12-14-24)19-9-8-16(21-22-19)15-5-3-4-10-20-15/h1-10H,11-14H2. The molecule has 2 aromatic heterocycles. The summed E-state index contributed by atoms with van der Waals surface area (Å²) in [4.78, 5) is 16.4. The summed E-state index contributed by atoms with van der Waals surface area (Å²) in [5.74, 6) is 0.637. The Kier molecular flexibility index (Phi) is 5.38. The third-order valence-corrected chi connectivity index (χ3v) is 6.77. The van der Waals surface area contributed by atoms with Crippen molar-refractivity contribution in [2.45, 2.75) is 4.90 Å². The number of hydrogen-bond acceptors (Lipinski definition) is 8. The summed E-state index contributed by atoms with van der Waals surface area (Å²) in [5, 5.41) is 19.7. The van der Waals surface area contributed by atoms with E-state index in [1.165, 1.54) is 28.6 Å². The van der Waals surface area contributed by atoms with E-state index in [0.29, 0.717) is 24.6 Å². The molecule has 0 spiro atoms. The van der Waals surface area contributed by atoms with Crippen LogP contribution in [0.2, 0.25) is 0 Å². The van der Waals surface area contributed by atoms with Gasteiger partial charge in [0.25, 0.3) is 5.69 Å². The summed E-state index contributed by atoms with van der Waals surface area (Å²) in [6.45, 7) is 1.19. The predicted molar refractivity (Wildman–Crippen MR) is 109 cm³/mol. The van der Waals surface area contributed by atoms with Crippen LogP contribution in [0.15, 0.2) is 65.7 Å². The smallest absolute Gasteiger partial charge is 0.289 e. The summed E-state index contributed by atoms with van der Waals surface area (Å²) in [6, 6.07) is 14.6. The number of piperazine rings is 1. The highest BCUT2D eigenvalue weighted by atomic mass is 32.2. The highest BCUT2D eigenvalue weighted by Gasteiger charge is 2.33. The molecule has 3 heterocycles. The monoisotopic (exact) mass is 426 g/mol. The van der Waals surface area contributed by atoms with Gasteiger partial charge in [-0.25, -0.2) is 8.42 Å². The summed E-state index contributed by atoms with van der Waals surface area (Å²) >= 11 is 0. The van der Waals surface area contributed by atoms with Gasteiger partial charge in [0, 0.05) is 38.4 Å². The molecule has 0 aliphatic carbocycles. The van der Waals surface area contributed by atoms with Crippen molar-refractivity contribution in [2.24, 2.45) is 0 Å². The topological polar surface area (TPSA) is 122 Å². The van der Waals surface area contributed by atoms with Gasteiger partial charge in [0.2, 0.25) is 10.0 Å². The maximum absolute atomic E-state index is 12.9. The Morgan fingerprint density at radius 1 is 0.867 bits per heavy atom. The summed E-state index contributed by atoms with van der Waals surface area (Å²) < 4.78 is 27.1. The Hall–Kier alpha value is -3.44. The van der Waals surface area contributed by atoms with E-state index >= 15 is 0 Å². The molecule has 3 aromatic rings. The van der Waals surface area contributed by atoms with Crippen molar-refractivity contribution >= 4 is 21.5 Å². The Morgan fingerprint density at radius 3 is 2.23 bits per heavy atom. The van der Waals surface area contributed by atoms with Crippen molar-refractivity contribution in [3.8, 4) is 11.4 Å². The van der Waals surface area contributed by atoms with Crippen molar-refractivity contribution in [3.63, 3.8) is 0 Å². The number of aromatic nitrogens is 3. The van der Waals surface area contributed by atoms with Crippen LogP contribution in [0.3, 0.4) is 0 Å². The van der Waals surface area contributed by atoms with Crippen LogP contribution in [-0.2, 0) is 10.0 Å². The Bertz CT molecular complexity index is 1150. The molecule has 1 saturated heterocycles. The van der Waals surface area contributed by atoms with Crippen LogP contribution in [-0.4, -0.2) is 59.0 Å². The molecule has 4 rings (SSSR count). The fourth-order valence-corrected chi connectivity index (χ4v) is 4.85. The first-order valence-corrected chi connectivity index (χ1v) is 10.6. The number of benzene rings is 1. The number of sulfonamides is 1. The van der Waals surface area contributed by atoms with Gasteiger partial charge < -0.3 is 4.90 Å². The fourth-order valence-electron chi connectivity index (χ4n) is 3.27. The second-order valence-corrected chi connectivity index (χ2v) is 8.51. The molecule has 0 bridgehead atoms. The average Bonchev–Trinajstić information content (AvgIpc) is 2.80. The first-order valence-electron chi connectivity index (χ1n) is 9.20. The number of nitro benzene ring substituents is 1. The van der Waals surface area contributed by atoms with E-state index in [2.05, 4.69) is 15.2 Å². The van der Waals surface area contributed by atoms with E-state index in [4.69, 9.17) is 0 Å². The number of nitrogens with zero attached hydrogens (tertiary/aromatic N) is 6. The van der Waals surface area contributed by atoms with E-state index in [9.17, 15) is 18.5 Å². The van der Waals surface area contributed by atoms with Gasteiger partial charge in [0.05, 0.1) is 10.6 Å². The summed E-state index contributed by atoms with van der Waals surface area (Å²) in [6.07, 6.45) is 1.68. The average molecular weight is 426 g/mol. The molecule has 0 unspecified atom stereocenters. The molecule has 0 amide bonds. The minimum Gasteiger partial charge on any atom is -0.352 e. The largest absolute Gasteiger partial charge is 0.352 e. The summed E-state index contributed by atoms with van der Waals surface area (Å²) in [7, 11) is -3.97. The van der Waals surface area contributed by atoms with Gasteiger partial charge in [-0.3, -0.25) is 15.1 Å². The molecule has 1 aliphatic heterocycles. The Labute approximate surface area is 173 Å². The molecule has 0 radical (unpaired) electrons. The number of hydrogen-bond donors (Lipinski definition) is 0. The SMILES string of the molecule is O=[N+]([O-])c1ccccc1S(=O)(=O)N1CCN(c2ccc(-c3ccccn3)nn2)CC1. The lowest BCUT2D eigenvalue weighted by molar-refractivity contribution is -0.387. The molecule has 1 aromatic carbocycles. The highest BCUT2D eigenvalue weighted by molar-refractivity contribution is 7.89. The van der Waals surface area contributed by atoms with Crippen molar-refractivity contribution in [2.75, 3.05) is 31.1 Å². The number of rotatable bonds is 5. The number of nitro groups is 1. The highest BCUT2D eigenvalue weighted by Crippen LogP contribution is 2.27. The van der Waals surface area contributed by atoms with Gasteiger partial charge in [-0.05, 0) is 30.3 Å². The van der Waals surface area contributed by atoms with Crippen LogP contribution in [0.25, 0.3) is 11.4 Å². The van der Waals surface area contributed by atoms with E-state index in [0.717, 1.165) is 5.69 Å². The van der Waals surface area contributed by atoms with Crippen LogP contribution in [0.5, 0.6) is 0 Å². The normalized spacial score (nSPS) is 15.1. The van der Waals surface area contributed by atoms with Gasteiger partial charge in [-0.2, -0.15) is 4.31 Å². The van der Waals surface area contributed by atoms with Gasteiger partial charge in [-0.15, -0.1) is 10.2 Å². The lowest BCUT2D eigenvalue weighted by Gasteiger charge is -2.34. The van der Waals surface area contributed by atoms with Gasteiger partial charge >= 0.3 is 0 Å². The summed E-state index contributed by atoms with van der Waals surface area (Å²) in [5.41, 5.74) is 0.949. The minimum atomic E-state index is -3.97. The second-order valence-electron chi connectivity index (χ2n) is 6.61. The molecule has 1 fully saturated rings. The molecule has 0 atom stereocenters. The third kappa shape index (κ3) is 3.84. The van der Waals surface area contributed by atoms with Crippen molar-refractivity contribution < 1.29 is 13.3 Å². The van der Waals surface area contributed by atoms with Crippen molar-refractivity contribution in [3.05, 3.63) is 70.9 Å². The molecular weight excluding hydrogens is 408 g/mol. The molecule has 154 valence electrons. The first-order chi connectivity index (χ1) is 14.5. The van der Waals surface area contributed by atoms with Gasteiger partial charge in [0.1, 0.15) is 5.69 Å². The molecule has 11 heteroatoms. The van der Waals surface area contributed by atoms with Crippen LogP contribution in [0.4, 0.5) is 11.5 Å². The lowest BCUT2D eigenvalue weighted by atomic mass is 10.2. The first kappa shape index (κ1) is 19.9. The van der Waals surface area contributed by atoms with E-state index < -0.39 is 20.6 Å². The zero-order chi connectivity index (χ0) is 21.1. The number of para-hydroxylation sites is 1. The molecular formula is C19H18N6O4S. The maximum atomic E-state index is 12.9. The van der Waals surface area contributed by atoms with E-state index in [1.807, 2.05) is 35.2 Å². The minimum absolute atomic E-state index is 0.193. The quantitative estimate of drug-likeness (QED) is 0.448. The third-order valence-electron chi connectivity index (χ3n) is 4.82. The van der Waals surface area contributed by atoms with Crippen LogP contribution >= 0.6 is 0 Å². The van der Waals surface area contributed by atoms with Crippen molar-refractivity contribution in [1.29, 1.82) is 0 Å². The number of anilines is 1. The van der Waals surface area contributed by atoms with E-state index in [1.54, 1.807) is 6.20 Å². The second kappa shape index (κ2) is 8.13. The fraction of sp³-hybridized carbons (Fsp3) is 0.211. The zero-order valence-corrected chi connectivity index (χ0v) is 16.6. The maximum Gasteiger partial charge on any atom is 0.289 e. The molecule has 1 aliphatic rings. The van der Waals surface area contributed by atoms with Crippen molar-refractivity contribution in [1.82, 2.24) is 19.5 Å². The predicted octanol–water partition coefficient (Wildman–Crippen LogP) is 1.96. The van der Waals surface area contributed by atoms with Gasteiger partial charge in [0.15, 0.2) is 10.7 Å². The zero-order valence-electron chi connectivity index (χ0n) is 15.8. The van der Waals surface area contributed by atoms with Crippen LogP contribution < -0.4 is 4.90 Å². The Balaban J connectivity index is 1.47.